The number of nitrogens with zero attached hydrogens (tertiary/aromatic N) is 3. The van der Waals surface area contributed by atoms with Gasteiger partial charge in [-0.25, -0.2) is 0 Å². The molecular formula is C28H26N4O2. The Balaban J connectivity index is 1.22. The molecule has 1 heterocycles. The third kappa shape index (κ3) is 5.81. The summed E-state index contributed by atoms with van der Waals surface area (Å²) in [7, 11) is 0. The summed E-state index contributed by atoms with van der Waals surface area (Å²) in [5, 5.41) is 20.9. The molecule has 1 fully saturated rings. The molecule has 1 aliphatic rings. The van der Waals surface area contributed by atoms with Crippen LogP contribution in [0, 0.1) is 22.7 Å². The topological polar surface area (TPSA) is 89.2 Å². The van der Waals surface area contributed by atoms with Crippen molar-refractivity contribution in [2.75, 3.05) is 19.7 Å². The van der Waals surface area contributed by atoms with Crippen LogP contribution in [0.3, 0.4) is 0 Å². The Labute approximate surface area is 200 Å². The molecule has 34 heavy (non-hydrogen) atoms. The van der Waals surface area contributed by atoms with E-state index >= 15 is 0 Å². The third-order valence-corrected chi connectivity index (χ3v) is 6.00. The summed E-state index contributed by atoms with van der Waals surface area (Å²) in [4.78, 5) is 14.9. The highest BCUT2D eigenvalue weighted by Gasteiger charge is 2.25. The molecule has 170 valence electrons. The highest BCUT2D eigenvalue weighted by molar-refractivity contribution is 5.94. The fourth-order valence-electron chi connectivity index (χ4n) is 4.13. The number of nitrogens with one attached hydrogen (secondary N) is 1. The Morgan fingerprint density at radius 2 is 1.50 bits per heavy atom. The third-order valence-electron chi connectivity index (χ3n) is 6.00. The van der Waals surface area contributed by atoms with E-state index in [0.29, 0.717) is 23.3 Å². The van der Waals surface area contributed by atoms with E-state index in [1.165, 1.54) is 0 Å². The van der Waals surface area contributed by atoms with Gasteiger partial charge in [0.1, 0.15) is 5.75 Å². The van der Waals surface area contributed by atoms with E-state index in [1.54, 1.807) is 24.3 Å². The fraction of sp³-hybridized carbons (Fsp3) is 0.250. The fourth-order valence-corrected chi connectivity index (χ4v) is 4.13. The predicted octanol–water partition coefficient (Wildman–Crippen LogP) is 4.72. The Morgan fingerprint density at radius 1 is 0.912 bits per heavy atom. The van der Waals surface area contributed by atoms with Crippen molar-refractivity contribution < 1.29 is 9.53 Å². The van der Waals surface area contributed by atoms with Crippen molar-refractivity contribution in [2.24, 2.45) is 0 Å². The van der Waals surface area contributed by atoms with Crippen LogP contribution >= 0.6 is 0 Å². The first-order valence-corrected chi connectivity index (χ1v) is 11.4. The van der Waals surface area contributed by atoms with Gasteiger partial charge in [0.15, 0.2) is 0 Å². The van der Waals surface area contributed by atoms with Crippen LogP contribution in [0.1, 0.15) is 40.7 Å². The van der Waals surface area contributed by atoms with Gasteiger partial charge < -0.3 is 10.1 Å². The second-order valence-electron chi connectivity index (χ2n) is 8.27. The molecule has 1 saturated heterocycles. The van der Waals surface area contributed by atoms with Gasteiger partial charge in [0.05, 0.1) is 36.0 Å². The predicted molar refractivity (Wildman–Crippen MR) is 130 cm³/mol. The van der Waals surface area contributed by atoms with E-state index in [9.17, 15) is 4.79 Å². The van der Waals surface area contributed by atoms with Crippen molar-refractivity contribution in [2.45, 2.75) is 25.4 Å². The summed E-state index contributed by atoms with van der Waals surface area (Å²) in [6, 6.07) is 26.4. The molecule has 4 rings (SSSR count). The molecule has 1 N–H and O–H groups in total. The number of carbonyl (C=O) groups is 1. The van der Waals surface area contributed by atoms with Gasteiger partial charge in [-0.05, 0) is 78.9 Å². The lowest BCUT2D eigenvalue weighted by molar-refractivity contribution is 0.0882. The van der Waals surface area contributed by atoms with Gasteiger partial charge in [0.25, 0.3) is 5.91 Å². The maximum Gasteiger partial charge on any atom is 0.252 e. The van der Waals surface area contributed by atoms with Gasteiger partial charge in [-0.3, -0.25) is 9.69 Å². The molecule has 0 aliphatic carbocycles. The summed E-state index contributed by atoms with van der Waals surface area (Å²) in [5.74, 6) is 0.712. The van der Waals surface area contributed by atoms with Crippen LogP contribution in [-0.4, -0.2) is 36.7 Å². The molecule has 6 heteroatoms. The Kier molecular flexibility index (Phi) is 7.55. The highest BCUT2D eigenvalue weighted by atomic mass is 16.5. The average molecular weight is 451 g/mol. The van der Waals surface area contributed by atoms with Crippen LogP contribution in [0.5, 0.6) is 5.75 Å². The maximum atomic E-state index is 12.6. The first kappa shape index (κ1) is 23.0. The monoisotopic (exact) mass is 450 g/mol. The minimum atomic E-state index is -0.111. The maximum absolute atomic E-state index is 12.6. The first-order valence-electron chi connectivity index (χ1n) is 11.4. The molecule has 0 bridgehead atoms. The number of hydrogen-bond acceptors (Lipinski definition) is 5. The molecule has 6 nitrogen and oxygen atoms in total. The average Bonchev–Trinajstić information content (AvgIpc) is 3.33. The van der Waals surface area contributed by atoms with Gasteiger partial charge in [-0.15, -0.1) is 0 Å². The minimum absolute atomic E-state index is 0.0230. The number of hydrogen-bond donors (Lipinski definition) is 1. The summed E-state index contributed by atoms with van der Waals surface area (Å²) in [5.41, 5.74) is 3.91. The second-order valence-corrected chi connectivity index (χ2v) is 8.27. The van der Waals surface area contributed by atoms with Crippen molar-refractivity contribution in [1.29, 1.82) is 10.5 Å². The van der Waals surface area contributed by atoms with Crippen LogP contribution in [0.15, 0.2) is 72.8 Å². The molecule has 0 aromatic heterocycles. The van der Waals surface area contributed by atoms with Crippen LogP contribution < -0.4 is 10.1 Å². The summed E-state index contributed by atoms with van der Waals surface area (Å²) in [6.07, 6.45) is 2.87. The van der Waals surface area contributed by atoms with Gasteiger partial charge >= 0.3 is 0 Å². The number of ether oxygens (including phenoxy) is 1. The molecule has 0 saturated carbocycles. The lowest BCUT2D eigenvalue weighted by atomic mass is 10.0. The van der Waals surface area contributed by atoms with Gasteiger partial charge in [-0.2, -0.15) is 10.5 Å². The molecule has 1 amide bonds. The molecular weight excluding hydrogens is 424 g/mol. The van der Waals surface area contributed by atoms with Crippen LogP contribution in [0.4, 0.5) is 0 Å². The van der Waals surface area contributed by atoms with Crippen molar-refractivity contribution in [3.05, 3.63) is 89.5 Å². The molecule has 3 aromatic carbocycles. The smallest absolute Gasteiger partial charge is 0.252 e. The number of carbonyl (C=O) groups excluding carboxylic acids is 1. The number of likely N-dealkylation sites (tertiary alicyclic amines) is 1. The molecule has 0 spiro atoms. The van der Waals surface area contributed by atoms with Crippen LogP contribution in [0.25, 0.3) is 11.1 Å². The molecule has 0 radical (unpaired) electrons. The molecule has 1 unspecified atom stereocenters. The summed E-state index contributed by atoms with van der Waals surface area (Å²) < 4.78 is 5.92. The largest absolute Gasteiger partial charge is 0.494 e. The number of amides is 1. The number of nitriles is 2. The van der Waals surface area contributed by atoms with Crippen molar-refractivity contribution >= 4 is 5.91 Å². The highest BCUT2D eigenvalue weighted by Crippen LogP contribution is 2.23. The first-order chi connectivity index (χ1) is 16.7. The lowest BCUT2D eigenvalue weighted by Crippen LogP contribution is -2.44. The number of benzene rings is 3. The van der Waals surface area contributed by atoms with E-state index in [-0.39, 0.29) is 12.1 Å². The van der Waals surface area contributed by atoms with Crippen LogP contribution in [0.2, 0.25) is 0 Å². The lowest BCUT2D eigenvalue weighted by Gasteiger charge is -2.25. The molecule has 1 aliphatic heterocycles. The van der Waals surface area contributed by atoms with Crippen molar-refractivity contribution in [3.63, 3.8) is 0 Å². The van der Waals surface area contributed by atoms with Crippen molar-refractivity contribution in [3.8, 4) is 29.0 Å². The van der Waals surface area contributed by atoms with E-state index in [2.05, 4.69) is 22.4 Å². The molecule has 3 aromatic rings. The quantitative estimate of drug-likeness (QED) is 0.502. The second kappa shape index (κ2) is 11.1. The Morgan fingerprint density at radius 3 is 2.12 bits per heavy atom. The normalized spacial score (nSPS) is 15.3. The van der Waals surface area contributed by atoms with Gasteiger partial charge in [-0.1, -0.05) is 24.3 Å². The molecule has 1 atom stereocenters. The summed E-state index contributed by atoms with van der Waals surface area (Å²) >= 11 is 0. The van der Waals surface area contributed by atoms with E-state index < -0.39 is 0 Å². The van der Waals surface area contributed by atoms with E-state index in [1.807, 2.05) is 48.5 Å². The Bertz CT molecular complexity index is 1190. The van der Waals surface area contributed by atoms with E-state index in [4.69, 9.17) is 15.3 Å². The van der Waals surface area contributed by atoms with Crippen molar-refractivity contribution in [1.82, 2.24) is 10.2 Å². The standard InChI is InChI=1S/C28H26N4O2/c29-19-21-4-8-23(9-5-21)24-12-14-26(15-13-24)34-18-2-17-32-16-1-3-27(32)31-28(33)25-10-6-22(20-30)7-11-25/h4-15,27H,1-3,16-18H2,(H,31,33). The minimum Gasteiger partial charge on any atom is -0.494 e. The zero-order valence-electron chi connectivity index (χ0n) is 18.9. The van der Waals surface area contributed by atoms with Crippen LogP contribution in [-0.2, 0) is 0 Å². The summed E-state index contributed by atoms with van der Waals surface area (Å²) in [6.45, 7) is 2.41. The SMILES string of the molecule is N#Cc1ccc(C(=O)NC2CCCN2CCCOc2ccc(-c3ccc(C#N)cc3)cc2)cc1. The van der Waals surface area contributed by atoms with E-state index in [0.717, 1.165) is 49.2 Å². The Hall–Kier alpha value is -4.13. The zero-order chi connectivity index (χ0) is 23.8. The number of rotatable bonds is 8. The van der Waals surface area contributed by atoms with Gasteiger partial charge in [0, 0.05) is 18.7 Å². The van der Waals surface area contributed by atoms with Gasteiger partial charge in [0.2, 0.25) is 0 Å². The zero-order valence-corrected chi connectivity index (χ0v) is 18.9.